The number of phenolic OH excluding ortho intramolecular Hbond substituents is 1. The summed E-state index contributed by atoms with van der Waals surface area (Å²) in [6.45, 7) is 0. The first-order valence-electron chi connectivity index (χ1n) is 4.06. The summed E-state index contributed by atoms with van der Waals surface area (Å²) < 4.78 is 0. The van der Waals surface area contributed by atoms with Crippen LogP contribution >= 0.6 is 11.8 Å². The molecule has 0 aromatic heterocycles. The monoisotopic (exact) mass is 190 g/mol. The number of benzene rings is 2. The summed E-state index contributed by atoms with van der Waals surface area (Å²) in [6, 6.07) is 11.7. The number of rotatable bonds is 1. The van der Waals surface area contributed by atoms with E-state index in [1.807, 2.05) is 12.3 Å². The summed E-state index contributed by atoms with van der Waals surface area (Å²) in [6.07, 6.45) is 2.05. The van der Waals surface area contributed by atoms with Crippen molar-refractivity contribution in [2.45, 2.75) is 4.90 Å². The van der Waals surface area contributed by atoms with E-state index in [4.69, 9.17) is 0 Å². The number of aromatic hydroxyl groups is 1. The van der Waals surface area contributed by atoms with Crippen molar-refractivity contribution in [2.24, 2.45) is 0 Å². The van der Waals surface area contributed by atoms with Gasteiger partial charge in [0.2, 0.25) is 0 Å². The molecule has 0 aliphatic heterocycles. The van der Waals surface area contributed by atoms with Crippen molar-refractivity contribution in [1.82, 2.24) is 0 Å². The van der Waals surface area contributed by atoms with Crippen LogP contribution < -0.4 is 0 Å². The van der Waals surface area contributed by atoms with Gasteiger partial charge in [0.25, 0.3) is 0 Å². The summed E-state index contributed by atoms with van der Waals surface area (Å²) in [5, 5.41) is 11.5. The molecule has 0 saturated carbocycles. The van der Waals surface area contributed by atoms with Crippen LogP contribution in [0, 0.1) is 0 Å². The zero-order valence-electron chi connectivity index (χ0n) is 7.32. The molecule has 2 aromatic rings. The Balaban J connectivity index is 2.68. The second-order valence-electron chi connectivity index (χ2n) is 2.90. The second kappa shape index (κ2) is 3.30. The summed E-state index contributed by atoms with van der Waals surface area (Å²) in [5.74, 6) is 0.325. The molecule has 0 atom stereocenters. The van der Waals surface area contributed by atoms with Gasteiger partial charge in [-0.05, 0) is 41.3 Å². The lowest BCUT2D eigenvalue weighted by molar-refractivity contribution is 0.476. The van der Waals surface area contributed by atoms with Crippen LogP contribution in [0.4, 0.5) is 0 Å². The molecule has 2 rings (SSSR count). The Morgan fingerprint density at radius 2 is 1.77 bits per heavy atom. The molecule has 1 nitrogen and oxygen atoms in total. The third-order valence-electron chi connectivity index (χ3n) is 2.03. The van der Waals surface area contributed by atoms with Crippen LogP contribution in [0.2, 0.25) is 0 Å². The van der Waals surface area contributed by atoms with Gasteiger partial charge in [0.1, 0.15) is 5.75 Å². The zero-order valence-corrected chi connectivity index (χ0v) is 8.14. The van der Waals surface area contributed by atoms with Crippen molar-refractivity contribution in [3.8, 4) is 5.75 Å². The zero-order chi connectivity index (χ0) is 9.26. The minimum atomic E-state index is 0.325. The van der Waals surface area contributed by atoms with E-state index in [9.17, 15) is 5.11 Å². The van der Waals surface area contributed by atoms with Gasteiger partial charge in [-0.15, -0.1) is 11.8 Å². The van der Waals surface area contributed by atoms with Crippen molar-refractivity contribution >= 4 is 22.5 Å². The van der Waals surface area contributed by atoms with Gasteiger partial charge >= 0.3 is 0 Å². The standard InChI is InChI=1S/C11H10OS/c1-13-11-5-3-8-2-4-10(12)6-9(8)7-11/h2-7,12H,1H3. The number of hydrogen-bond donors (Lipinski definition) is 1. The van der Waals surface area contributed by atoms with Gasteiger partial charge in [-0.3, -0.25) is 0 Å². The van der Waals surface area contributed by atoms with Gasteiger partial charge in [0.15, 0.2) is 0 Å². The molecule has 2 aromatic carbocycles. The third-order valence-corrected chi connectivity index (χ3v) is 2.76. The smallest absolute Gasteiger partial charge is 0.116 e. The van der Waals surface area contributed by atoms with E-state index in [1.54, 1.807) is 23.9 Å². The number of fused-ring (bicyclic) bond motifs is 1. The van der Waals surface area contributed by atoms with Crippen molar-refractivity contribution in [1.29, 1.82) is 0 Å². The molecule has 0 saturated heterocycles. The molecule has 13 heavy (non-hydrogen) atoms. The molecule has 0 fully saturated rings. The average molecular weight is 190 g/mol. The van der Waals surface area contributed by atoms with Crippen molar-refractivity contribution in [3.05, 3.63) is 36.4 Å². The fraction of sp³-hybridized carbons (Fsp3) is 0.0909. The van der Waals surface area contributed by atoms with E-state index >= 15 is 0 Å². The molecule has 0 heterocycles. The topological polar surface area (TPSA) is 20.2 Å². The highest BCUT2D eigenvalue weighted by Gasteiger charge is 1.96. The molecule has 0 aliphatic carbocycles. The quantitative estimate of drug-likeness (QED) is 0.696. The summed E-state index contributed by atoms with van der Waals surface area (Å²) in [7, 11) is 0. The molecular formula is C11H10OS. The van der Waals surface area contributed by atoms with E-state index in [0.29, 0.717) is 5.75 Å². The molecule has 0 bridgehead atoms. The highest BCUT2D eigenvalue weighted by Crippen LogP contribution is 2.24. The first-order valence-corrected chi connectivity index (χ1v) is 5.29. The normalized spacial score (nSPS) is 10.5. The van der Waals surface area contributed by atoms with Crippen molar-refractivity contribution in [2.75, 3.05) is 6.26 Å². The van der Waals surface area contributed by atoms with Crippen LogP contribution in [0.5, 0.6) is 5.75 Å². The van der Waals surface area contributed by atoms with Gasteiger partial charge in [0.05, 0.1) is 0 Å². The Morgan fingerprint density at radius 3 is 2.54 bits per heavy atom. The Morgan fingerprint density at radius 1 is 1.00 bits per heavy atom. The fourth-order valence-electron chi connectivity index (χ4n) is 1.34. The van der Waals surface area contributed by atoms with E-state index in [0.717, 1.165) is 10.8 Å². The first-order chi connectivity index (χ1) is 6.29. The predicted molar refractivity (Wildman–Crippen MR) is 57.4 cm³/mol. The largest absolute Gasteiger partial charge is 0.508 e. The van der Waals surface area contributed by atoms with Gasteiger partial charge in [-0.1, -0.05) is 12.1 Å². The van der Waals surface area contributed by atoms with Crippen molar-refractivity contribution in [3.63, 3.8) is 0 Å². The summed E-state index contributed by atoms with van der Waals surface area (Å²) in [4.78, 5) is 1.22. The van der Waals surface area contributed by atoms with E-state index < -0.39 is 0 Å². The Kier molecular flexibility index (Phi) is 2.15. The highest BCUT2D eigenvalue weighted by molar-refractivity contribution is 7.98. The summed E-state index contributed by atoms with van der Waals surface area (Å²) in [5.41, 5.74) is 0. The highest BCUT2D eigenvalue weighted by atomic mass is 32.2. The van der Waals surface area contributed by atoms with Crippen molar-refractivity contribution < 1.29 is 5.11 Å². The molecule has 0 spiro atoms. The third kappa shape index (κ3) is 1.63. The van der Waals surface area contributed by atoms with Crippen LogP contribution in [0.1, 0.15) is 0 Å². The molecule has 0 amide bonds. The van der Waals surface area contributed by atoms with E-state index in [1.165, 1.54) is 4.90 Å². The predicted octanol–water partition coefficient (Wildman–Crippen LogP) is 3.27. The lowest BCUT2D eigenvalue weighted by atomic mass is 10.1. The van der Waals surface area contributed by atoms with Gasteiger partial charge in [0, 0.05) is 4.90 Å². The lowest BCUT2D eigenvalue weighted by Gasteiger charge is -2.00. The van der Waals surface area contributed by atoms with Gasteiger partial charge in [-0.2, -0.15) is 0 Å². The van der Waals surface area contributed by atoms with Crippen LogP contribution in [0.15, 0.2) is 41.3 Å². The van der Waals surface area contributed by atoms with Gasteiger partial charge in [-0.25, -0.2) is 0 Å². The molecular weight excluding hydrogens is 180 g/mol. The Labute approximate surface area is 81.4 Å². The minimum absolute atomic E-state index is 0.325. The average Bonchev–Trinajstić information content (AvgIpc) is 2.16. The second-order valence-corrected chi connectivity index (χ2v) is 3.78. The molecule has 0 unspecified atom stereocenters. The summed E-state index contributed by atoms with van der Waals surface area (Å²) >= 11 is 1.71. The van der Waals surface area contributed by atoms with Crippen LogP contribution in [0.25, 0.3) is 10.8 Å². The lowest BCUT2D eigenvalue weighted by Crippen LogP contribution is -1.74. The maximum Gasteiger partial charge on any atom is 0.116 e. The SMILES string of the molecule is CSc1ccc2ccc(O)cc2c1. The minimum Gasteiger partial charge on any atom is -0.508 e. The molecule has 0 aliphatic rings. The number of thioether (sulfide) groups is 1. The van der Waals surface area contributed by atoms with Crippen LogP contribution in [-0.2, 0) is 0 Å². The number of phenols is 1. The molecule has 2 heteroatoms. The van der Waals surface area contributed by atoms with Crippen LogP contribution in [0.3, 0.4) is 0 Å². The van der Waals surface area contributed by atoms with E-state index in [-0.39, 0.29) is 0 Å². The first kappa shape index (κ1) is 8.45. The van der Waals surface area contributed by atoms with E-state index in [2.05, 4.69) is 18.2 Å². The molecule has 0 radical (unpaired) electrons. The van der Waals surface area contributed by atoms with Crippen LogP contribution in [-0.4, -0.2) is 11.4 Å². The molecule has 1 N–H and O–H groups in total. The molecule has 66 valence electrons. The fourth-order valence-corrected chi connectivity index (χ4v) is 1.79. The maximum absolute atomic E-state index is 9.29. The Hall–Kier alpha value is -1.15. The Bertz CT molecular complexity index is 437. The van der Waals surface area contributed by atoms with Gasteiger partial charge < -0.3 is 5.11 Å². The number of hydrogen-bond acceptors (Lipinski definition) is 2. The maximum atomic E-state index is 9.29.